The average molecular weight is 607 g/mol. The fourth-order valence-corrected chi connectivity index (χ4v) is 3.88. The van der Waals surface area contributed by atoms with Gasteiger partial charge in [0.15, 0.2) is 18.1 Å². The summed E-state index contributed by atoms with van der Waals surface area (Å²) in [5, 5.41) is 9.22. The molecular formula is C32H35FN4O7. The molecule has 3 N–H and O–H groups in total. The first-order valence-corrected chi connectivity index (χ1v) is 14.0. The van der Waals surface area contributed by atoms with Gasteiger partial charge in [0.1, 0.15) is 11.9 Å². The van der Waals surface area contributed by atoms with Crippen LogP contribution in [0.25, 0.3) is 0 Å². The second kappa shape index (κ2) is 16.4. The van der Waals surface area contributed by atoms with E-state index in [1.54, 1.807) is 70.2 Å². The molecule has 3 rings (SSSR count). The third-order valence-corrected chi connectivity index (χ3v) is 6.05. The number of benzene rings is 3. The molecule has 0 aliphatic carbocycles. The number of nitrogens with one attached hydrogen (secondary N) is 3. The summed E-state index contributed by atoms with van der Waals surface area (Å²) in [6.07, 6.45) is 1.38. The quantitative estimate of drug-likeness (QED) is 0.141. The molecular weight excluding hydrogens is 571 g/mol. The SMILES string of the molecule is CCOC(=O)c1ccc(NC(=O)COc2ccc(C=NNC(=O)C(NC(=O)c3ccccc3F)C(C)C)cc2OCC)cc1. The highest BCUT2D eigenvalue weighted by Gasteiger charge is 2.25. The maximum Gasteiger partial charge on any atom is 0.338 e. The Morgan fingerprint density at radius 3 is 2.30 bits per heavy atom. The lowest BCUT2D eigenvalue weighted by Crippen LogP contribution is -2.48. The number of carbonyl (C=O) groups is 4. The molecule has 0 saturated carbocycles. The molecule has 0 spiro atoms. The van der Waals surface area contributed by atoms with E-state index in [1.807, 2.05) is 0 Å². The maximum absolute atomic E-state index is 14.0. The predicted octanol–water partition coefficient (Wildman–Crippen LogP) is 4.32. The van der Waals surface area contributed by atoms with Crippen molar-refractivity contribution in [1.82, 2.24) is 10.7 Å². The summed E-state index contributed by atoms with van der Waals surface area (Å²) in [4.78, 5) is 49.5. The zero-order valence-electron chi connectivity index (χ0n) is 24.9. The number of hydrogen-bond donors (Lipinski definition) is 3. The predicted molar refractivity (Wildman–Crippen MR) is 162 cm³/mol. The summed E-state index contributed by atoms with van der Waals surface area (Å²) in [7, 11) is 0. The molecule has 0 aliphatic rings. The van der Waals surface area contributed by atoms with Crippen LogP contribution >= 0.6 is 0 Å². The normalized spacial score (nSPS) is 11.5. The van der Waals surface area contributed by atoms with Gasteiger partial charge in [-0.25, -0.2) is 14.6 Å². The fraction of sp³-hybridized carbons (Fsp3) is 0.281. The topological polar surface area (TPSA) is 144 Å². The number of esters is 1. The highest BCUT2D eigenvalue weighted by molar-refractivity contribution is 5.98. The highest BCUT2D eigenvalue weighted by Crippen LogP contribution is 2.28. The molecule has 0 heterocycles. The van der Waals surface area contributed by atoms with E-state index in [2.05, 4.69) is 21.2 Å². The minimum atomic E-state index is -0.962. The largest absolute Gasteiger partial charge is 0.490 e. The molecule has 0 bridgehead atoms. The number of amides is 3. The van der Waals surface area contributed by atoms with Gasteiger partial charge in [-0.3, -0.25) is 14.4 Å². The maximum atomic E-state index is 14.0. The summed E-state index contributed by atoms with van der Waals surface area (Å²) in [5.41, 5.74) is 3.65. The molecule has 12 heteroatoms. The van der Waals surface area contributed by atoms with Crippen LogP contribution in [-0.4, -0.2) is 55.8 Å². The first-order chi connectivity index (χ1) is 21.1. The Bertz CT molecular complexity index is 1490. The number of nitrogens with zero attached hydrogens (tertiary/aromatic N) is 1. The Morgan fingerprint density at radius 1 is 0.909 bits per heavy atom. The number of hydrogen-bond acceptors (Lipinski definition) is 8. The van der Waals surface area contributed by atoms with E-state index in [9.17, 15) is 23.6 Å². The van der Waals surface area contributed by atoms with Crippen molar-refractivity contribution in [2.75, 3.05) is 25.1 Å². The Morgan fingerprint density at radius 2 is 1.64 bits per heavy atom. The summed E-state index contributed by atoms with van der Waals surface area (Å²) < 4.78 is 30.3. The first-order valence-electron chi connectivity index (χ1n) is 14.0. The third kappa shape index (κ3) is 9.65. The summed E-state index contributed by atoms with van der Waals surface area (Å²) in [5.74, 6) is -2.48. The highest BCUT2D eigenvalue weighted by atomic mass is 19.1. The molecule has 1 atom stereocenters. The van der Waals surface area contributed by atoms with Crippen molar-refractivity contribution >= 4 is 35.6 Å². The van der Waals surface area contributed by atoms with Gasteiger partial charge in [0.25, 0.3) is 17.7 Å². The smallest absolute Gasteiger partial charge is 0.338 e. The van der Waals surface area contributed by atoms with Crippen molar-refractivity contribution in [1.29, 1.82) is 0 Å². The number of carbonyl (C=O) groups excluding carboxylic acids is 4. The molecule has 0 saturated heterocycles. The van der Waals surface area contributed by atoms with E-state index in [1.165, 1.54) is 30.5 Å². The molecule has 1 unspecified atom stereocenters. The van der Waals surface area contributed by atoms with Crippen molar-refractivity contribution in [3.05, 3.63) is 89.2 Å². The number of ether oxygens (including phenoxy) is 3. The van der Waals surface area contributed by atoms with Gasteiger partial charge in [-0.15, -0.1) is 0 Å². The van der Waals surface area contributed by atoms with Crippen molar-refractivity contribution in [3.63, 3.8) is 0 Å². The minimum Gasteiger partial charge on any atom is -0.490 e. The number of anilines is 1. The second-order valence-corrected chi connectivity index (χ2v) is 9.68. The molecule has 0 aromatic heterocycles. The lowest BCUT2D eigenvalue weighted by molar-refractivity contribution is -0.124. The molecule has 0 fully saturated rings. The lowest BCUT2D eigenvalue weighted by atomic mass is 10.0. The lowest BCUT2D eigenvalue weighted by Gasteiger charge is -2.20. The van der Waals surface area contributed by atoms with Crippen LogP contribution in [0.15, 0.2) is 71.8 Å². The Kier molecular flexibility index (Phi) is 12.4. The molecule has 0 aliphatic heterocycles. The summed E-state index contributed by atoms with van der Waals surface area (Å²) in [6.45, 7) is 7.27. The van der Waals surface area contributed by atoms with Gasteiger partial charge in [0, 0.05) is 5.69 Å². The van der Waals surface area contributed by atoms with Gasteiger partial charge in [-0.05, 0) is 79.9 Å². The summed E-state index contributed by atoms with van der Waals surface area (Å²) >= 11 is 0. The Balaban J connectivity index is 1.58. The molecule has 232 valence electrons. The van der Waals surface area contributed by atoms with Crippen LogP contribution in [0.4, 0.5) is 10.1 Å². The van der Waals surface area contributed by atoms with Crippen molar-refractivity contribution in [2.45, 2.75) is 33.7 Å². The van der Waals surface area contributed by atoms with E-state index < -0.39 is 35.5 Å². The van der Waals surface area contributed by atoms with Gasteiger partial charge in [0.2, 0.25) is 0 Å². The van der Waals surface area contributed by atoms with Crippen LogP contribution < -0.4 is 25.5 Å². The molecule has 3 aromatic rings. The summed E-state index contributed by atoms with van der Waals surface area (Å²) in [6, 6.07) is 15.7. The van der Waals surface area contributed by atoms with Crippen molar-refractivity contribution < 1.29 is 37.8 Å². The van der Waals surface area contributed by atoms with Crippen molar-refractivity contribution in [3.8, 4) is 11.5 Å². The van der Waals surface area contributed by atoms with Gasteiger partial charge in [-0.1, -0.05) is 26.0 Å². The van der Waals surface area contributed by atoms with Crippen molar-refractivity contribution in [2.24, 2.45) is 11.0 Å². The molecule has 0 radical (unpaired) electrons. The monoisotopic (exact) mass is 606 g/mol. The van der Waals surface area contributed by atoms with Gasteiger partial charge < -0.3 is 24.8 Å². The third-order valence-electron chi connectivity index (χ3n) is 6.05. The van der Waals surface area contributed by atoms with Gasteiger partial charge in [-0.2, -0.15) is 5.10 Å². The van der Waals surface area contributed by atoms with E-state index >= 15 is 0 Å². The van der Waals surface area contributed by atoms with Crippen LogP contribution in [-0.2, 0) is 14.3 Å². The van der Waals surface area contributed by atoms with Gasteiger partial charge >= 0.3 is 5.97 Å². The number of rotatable bonds is 14. The zero-order chi connectivity index (χ0) is 32.1. The van der Waals surface area contributed by atoms with Crippen LogP contribution in [0, 0.1) is 11.7 Å². The second-order valence-electron chi connectivity index (χ2n) is 9.68. The van der Waals surface area contributed by atoms with E-state index in [-0.39, 0.29) is 24.7 Å². The van der Waals surface area contributed by atoms with Crippen LogP contribution in [0.3, 0.4) is 0 Å². The molecule has 11 nitrogen and oxygen atoms in total. The van der Waals surface area contributed by atoms with E-state index in [0.717, 1.165) is 0 Å². The van der Waals surface area contributed by atoms with Crippen LogP contribution in [0.2, 0.25) is 0 Å². The standard InChI is InChI=1S/C32H35FN4O7/c1-5-42-27-17-21(18-34-37-31(40)29(20(3)4)36-30(39)24-9-7-8-10-25(24)33)11-16-26(27)44-19-28(38)35-23-14-12-22(13-15-23)32(41)43-6-2/h7-18,20,29H,5-6,19H2,1-4H3,(H,35,38)(H,36,39)(H,37,40). The number of hydrazone groups is 1. The molecule has 3 aromatic carbocycles. The van der Waals surface area contributed by atoms with Gasteiger partial charge in [0.05, 0.1) is 30.6 Å². The average Bonchev–Trinajstić information content (AvgIpc) is 3.00. The van der Waals surface area contributed by atoms with E-state index in [4.69, 9.17) is 14.2 Å². The molecule has 44 heavy (non-hydrogen) atoms. The van der Waals surface area contributed by atoms with Crippen LogP contribution in [0.5, 0.6) is 11.5 Å². The Labute approximate surface area is 254 Å². The fourth-order valence-electron chi connectivity index (χ4n) is 3.88. The Hall–Kier alpha value is -5.26. The van der Waals surface area contributed by atoms with Crippen LogP contribution in [0.1, 0.15) is 54.0 Å². The first kappa shape index (κ1) is 33.2. The molecule has 3 amide bonds. The minimum absolute atomic E-state index is 0.164. The zero-order valence-corrected chi connectivity index (χ0v) is 24.9. The number of halogens is 1. The van der Waals surface area contributed by atoms with E-state index in [0.29, 0.717) is 34.9 Å².